The lowest BCUT2D eigenvalue weighted by molar-refractivity contribution is 0.0701. The van der Waals surface area contributed by atoms with Crippen molar-refractivity contribution in [1.82, 2.24) is 0 Å². The molecule has 0 aliphatic heterocycles. The molecule has 0 bridgehead atoms. The Bertz CT molecular complexity index is 812. The maximum atomic E-state index is 12.3. The summed E-state index contributed by atoms with van der Waals surface area (Å²) in [4.78, 5) is 11.0. The van der Waals surface area contributed by atoms with Crippen molar-refractivity contribution in [2.45, 2.75) is 18.1 Å². The van der Waals surface area contributed by atoms with Crippen molar-refractivity contribution >= 4 is 44.6 Å². The van der Waals surface area contributed by atoms with Crippen LogP contribution in [0.4, 0.5) is 5.69 Å². The van der Waals surface area contributed by atoms with Crippen LogP contribution in [0.1, 0.15) is 20.8 Å². The molecule has 1 heterocycles. The third-order valence-electron chi connectivity index (χ3n) is 2.72. The topological polar surface area (TPSA) is 83.5 Å². The van der Waals surface area contributed by atoms with Crippen LogP contribution in [0.25, 0.3) is 0 Å². The summed E-state index contributed by atoms with van der Waals surface area (Å²) in [7, 11) is -3.87. The molecule has 2 rings (SSSR count). The summed E-state index contributed by atoms with van der Waals surface area (Å²) < 4.78 is 26.9. The molecule has 0 atom stereocenters. The fraction of sp³-hybridized carbons (Fsp3) is 0.154. The highest BCUT2D eigenvalue weighted by Gasteiger charge is 2.22. The third kappa shape index (κ3) is 3.37. The summed E-state index contributed by atoms with van der Waals surface area (Å²) in [5.74, 6) is -1.15. The van der Waals surface area contributed by atoms with Crippen LogP contribution in [0.5, 0.6) is 0 Å². The first-order valence-corrected chi connectivity index (χ1v) is 8.51. The zero-order valence-corrected chi connectivity index (χ0v) is 13.6. The summed E-state index contributed by atoms with van der Waals surface area (Å²) in [5, 5.41) is 9.26. The molecule has 1 aromatic heterocycles. The van der Waals surface area contributed by atoms with Crippen molar-refractivity contribution < 1.29 is 18.3 Å². The quantitative estimate of drug-likeness (QED) is 0.888. The van der Waals surface area contributed by atoms with Gasteiger partial charge in [0.1, 0.15) is 9.09 Å². The molecule has 112 valence electrons. The highest BCUT2D eigenvalue weighted by Crippen LogP contribution is 2.30. The van der Waals surface area contributed by atoms with E-state index in [-0.39, 0.29) is 19.8 Å². The van der Waals surface area contributed by atoms with E-state index in [1.807, 2.05) is 6.92 Å². The van der Waals surface area contributed by atoms with Gasteiger partial charge in [-0.2, -0.15) is 0 Å². The number of carboxylic acid groups (broad SMARTS) is 1. The molecule has 0 aliphatic carbocycles. The first-order valence-electron chi connectivity index (χ1n) is 5.83. The van der Waals surface area contributed by atoms with Gasteiger partial charge in [-0.3, -0.25) is 4.72 Å². The van der Waals surface area contributed by atoms with Crippen LogP contribution >= 0.6 is 22.9 Å². The maximum absolute atomic E-state index is 12.3. The lowest BCUT2D eigenvalue weighted by atomic mass is 10.2. The van der Waals surface area contributed by atoms with Crippen molar-refractivity contribution in [3.8, 4) is 0 Å². The largest absolute Gasteiger partial charge is 0.477 e. The van der Waals surface area contributed by atoms with E-state index in [2.05, 4.69) is 4.72 Å². The van der Waals surface area contributed by atoms with Crippen molar-refractivity contribution in [3.05, 3.63) is 45.3 Å². The zero-order chi connectivity index (χ0) is 15.8. The van der Waals surface area contributed by atoms with Crippen LogP contribution in [0.15, 0.2) is 28.5 Å². The number of aromatic carboxylic acids is 1. The van der Waals surface area contributed by atoms with Crippen molar-refractivity contribution in [3.63, 3.8) is 0 Å². The number of carboxylic acids is 1. The first-order chi connectivity index (χ1) is 9.70. The summed E-state index contributed by atoms with van der Waals surface area (Å²) in [6.07, 6.45) is 0. The number of carbonyl (C=O) groups is 1. The molecule has 0 aliphatic rings. The van der Waals surface area contributed by atoms with Gasteiger partial charge in [-0.25, -0.2) is 13.2 Å². The van der Waals surface area contributed by atoms with E-state index < -0.39 is 16.0 Å². The molecular weight excluding hydrogens is 334 g/mol. The molecule has 2 N–H and O–H groups in total. The Kier molecular flexibility index (Phi) is 4.27. The van der Waals surface area contributed by atoms with Gasteiger partial charge in [-0.1, -0.05) is 17.7 Å². The van der Waals surface area contributed by atoms with Gasteiger partial charge in [0.2, 0.25) is 0 Å². The van der Waals surface area contributed by atoms with Crippen LogP contribution in [0.2, 0.25) is 5.02 Å². The molecule has 0 spiro atoms. The predicted octanol–water partition coefficient (Wildman–Crippen LogP) is 3.52. The summed E-state index contributed by atoms with van der Waals surface area (Å²) in [6, 6.07) is 6.30. The molecule has 21 heavy (non-hydrogen) atoms. The molecule has 0 amide bonds. The minimum absolute atomic E-state index is 0.00529. The van der Waals surface area contributed by atoms with E-state index in [0.717, 1.165) is 5.56 Å². The fourth-order valence-electron chi connectivity index (χ4n) is 1.71. The van der Waals surface area contributed by atoms with Gasteiger partial charge in [0.25, 0.3) is 10.0 Å². The van der Waals surface area contributed by atoms with E-state index in [1.165, 1.54) is 6.07 Å². The van der Waals surface area contributed by atoms with Crippen LogP contribution < -0.4 is 4.72 Å². The van der Waals surface area contributed by atoms with Gasteiger partial charge < -0.3 is 5.11 Å². The SMILES string of the molecule is Cc1ccc(Cl)c(NS(=O)(=O)c2cc(C)c(C(=O)O)s2)c1. The number of hydrogen-bond donors (Lipinski definition) is 2. The molecule has 0 radical (unpaired) electrons. The first kappa shape index (κ1) is 15.8. The molecule has 0 saturated heterocycles. The Morgan fingerprint density at radius 3 is 2.52 bits per heavy atom. The molecule has 0 unspecified atom stereocenters. The predicted molar refractivity (Wildman–Crippen MR) is 83.0 cm³/mol. The Morgan fingerprint density at radius 2 is 1.95 bits per heavy atom. The van der Waals surface area contributed by atoms with Crippen LogP contribution in [-0.4, -0.2) is 19.5 Å². The van der Waals surface area contributed by atoms with E-state index in [0.29, 0.717) is 16.9 Å². The Morgan fingerprint density at radius 1 is 1.29 bits per heavy atom. The summed E-state index contributed by atoms with van der Waals surface area (Å²) in [5.41, 5.74) is 1.52. The molecular formula is C13H12ClNO4S2. The highest BCUT2D eigenvalue weighted by atomic mass is 35.5. The maximum Gasteiger partial charge on any atom is 0.346 e. The number of halogens is 1. The number of nitrogens with one attached hydrogen (secondary N) is 1. The highest BCUT2D eigenvalue weighted by molar-refractivity contribution is 7.94. The number of anilines is 1. The Labute approximate surface area is 131 Å². The van der Waals surface area contributed by atoms with Crippen molar-refractivity contribution in [2.24, 2.45) is 0 Å². The second-order valence-electron chi connectivity index (χ2n) is 4.47. The number of hydrogen-bond acceptors (Lipinski definition) is 4. The average Bonchev–Trinajstić information content (AvgIpc) is 2.77. The van der Waals surface area contributed by atoms with Gasteiger partial charge in [-0.05, 0) is 43.2 Å². The zero-order valence-electron chi connectivity index (χ0n) is 11.2. The number of rotatable bonds is 4. The van der Waals surface area contributed by atoms with E-state index >= 15 is 0 Å². The fourth-order valence-corrected chi connectivity index (χ4v) is 4.38. The molecule has 0 saturated carbocycles. The van der Waals surface area contributed by atoms with Gasteiger partial charge in [0.05, 0.1) is 10.7 Å². The monoisotopic (exact) mass is 345 g/mol. The molecule has 2 aromatic rings. The van der Waals surface area contributed by atoms with E-state index in [9.17, 15) is 13.2 Å². The van der Waals surface area contributed by atoms with Crippen molar-refractivity contribution in [2.75, 3.05) is 4.72 Å². The van der Waals surface area contributed by atoms with Gasteiger partial charge in [0.15, 0.2) is 0 Å². The summed E-state index contributed by atoms with van der Waals surface area (Å²) in [6.45, 7) is 3.37. The number of sulfonamides is 1. The number of aryl methyl sites for hydroxylation is 2. The van der Waals surface area contributed by atoms with Gasteiger partial charge in [0, 0.05) is 0 Å². The lowest BCUT2D eigenvalue weighted by Gasteiger charge is -2.08. The Hall–Kier alpha value is -1.57. The third-order valence-corrected chi connectivity index (χ3v) is 6.11. The van der Waals surface area contributed by atoms with Crippen LogP contribution in [-0.2, 0) is 10.0 Å². The van der Waals surface area contributed by atoms with Crippen LogP contribution in [0, 0.1) is 13.8 Å². The lowest BCUT2D eigenvalue weighted by Crippen LogP contribution is -2.12. The smallest absolute Gasteiger partial charge is 0.346 e. The molecule has 1 aromatic carbocycles. The van der Waals surface area contributed by atoms with Crippen molar-refractivity contribution in [1.29, 1.82) is 0 Å². The van der Waals surface area contributed by atoms with Gasteiger partial charge in [-0.15, -0.1) is 11.3 Å². The van der Waals surface area contributed by atoms with Gasteiger partial charge >= 0.3 is 5.97 Å². The number of benzene rings is 1. The number of thiophene rings is 1. The summed E-state index contributed by atoms with van der Waals surface area (Å²) >= 11 is 6.67. The second kappa shape index (κ2) is 5.67. The minimum atomic E-state index is -3.87. The standard InChI is InChI=1S/C13H12ClNO4S2/c1-7-3-4-9(14)10(5-7)15-21(18,19)11-6-8(2)12(20-11)13(16)17/h3-6,15H,1-2H3,(H,16,17). The normalized spacial score (nSPS) is 11.4. The van der Waals surface area contributed by atoms with Crippen LogP contribution in [0.3, 0.4) is 0 Å². The van der Waals surface area contributed by atoms with E-state index in [4.69, 9.17) is 16.7 Å². The van der Waals surface area contributed by atoms with E-state index in [1.54, 1.807) is 25.1 Å². The second-order valence-corrected chi connectivity index (χ2v) is 7.84. The molecule has 5 nitrogen and oxygen atoms in total. The molecule has 8 heteroatoms. The minimum Gasteiger partial charge on any atom is -0.477 e. The Balaban J connectivity index is 2.41. The molecule has 0 fully saturated rings. The average molecular weight is 346 g/mol.